The number of hydrogen-bond donors (Lipinski definition) is 0. The number of nitrogens with zero attached hydrogens (tertiary/aromatic N) is 4. The van der Waals surface area contributed by atoms with Crippen LogP contribution >= 0.6 is 0 Å². The van der Waals surface area contributed by atoms with Crippen LogP contribution in [0.2, 0.25) is 0 Å². The SMILES string of the molecule is O=C(c1cccc([N+](=O)[O-])c1)[C@@H]1[C@@H]2C(=O)N(c3ccc(F)cc3)C(=O)[C@H]2[C@@H]2C=CC=NN12. The lowest BCUT2D eigenvalue weighted by Gasteiger charge is -2.30. The van der Waals surface area contributed by atoms with Crippen molar-refractivity contribution in [1.82, 2.24) is 5.01 Å². The maximum Gasteiger partial charge on any atom is 0.270 e. The van der Waals surface area contributed by atoms with Gasteiger partial charge in [0.25, 0.3) is 5.69 Å². The quantitative estimate of drug-likeness (QED) is 0.316. The van der Waals surface area contributed by atoms with Crippen LogP contribution in [-0.2, 0) is 9.59 Å². The molecular formula is C22H15FN4O5. The molecule has 2 aromatic carbocycles. The molecule has 0 N–H and O–H groups in total. The molecule has 0 aromatic heterocycles. The van der Waals surface area contributed by atoms with Gasteiger partial charge in [0.1, 0.15) is 11.9 Å². The number of carbonyl (C=O) groups is 3. The predicted molar refractivity (Wildman–Crippen MR) is 110 cm³/mol. The molecule has 3 aliphatic heterocycles. The van der Waals surface area contributed by atoms with Crippen molar-refractivity contribution in [3.8, 4) is 0 Å². The molecule has 3 heterocycles. The average molecular weight is 434 g/mol. The third-order valence-corrected chi connectivity index (χ3v) is 5.99. The van der Waals surface area contributed by atoms with Gasteiger partial charge in [-0.25, -0.2) is 9.29 Å². The Kier molecular flexibility index (Phi) is 4.43. The van der Waals surface area contributed by atoms with Crippen molar-refractivity contribution in [3.63, 3.8) is 0 Å². The second-order valence-corrected chi connectivity index (χ2v) is 7.68. The number of nitro groups is 1. The minimum Gasteiger partial charge on any atom is -0.292 e. The van der Waals surface area contributed by atoms with Crippen molar-refractivity contribution >= 4 is 35.2 Å². The van der Waals surface area contributed by atoms with Gasteiger partial charge in [0.05, 0.1) is 28.5 Å². The lowest BCUT2D eigenvalue weighted by Crippen LogP contribution is -2.46. The van der Waals surface area contributed by atoms with E-state index in [9.17, 15) is 28.9 Å². The van der Waals surface area contributed by atoms with Crippen LogP contribution in [0, 0.1) is 27.8 Å². The van der Waals surface area contributed by atoms with Crippen LogP contribution in [0.15, 0.2) is 65.8 Å². The van der Waals surface area contributed by atoms with Crippen molar-refractivity contribution in [1.29, 1.82) is 0 Å². The van der Waals surface area contributed by atoms with Gasteiger partial charge in [-0.1, -0.05) is 18.2 Å². The van der Waals surface area contributed by atoms with Crippen LogP contribution in [0.25, 0.3) is 0 Å². The monoisotopic (exact) mass is 434 g/mol. The number of fused-ring (bicyclic) bond motifs is 3. The number of imide groups is 1. The van der Waals surface area contributed by atoms with E-state index in [1.807, 2.05) is 0 Å². The Labute approximate surface area is 180 Å². The minimum absolute atomic E-state index is 0.0498. The molecule has 2 aromatic rings. The summed E-state index contributed by atoms with van der Waals surface area (Å²) in [6.07, 6.45) is 4.79. The summed E-state index contributed by atoms with van der Waals surface area (Å²) >= 11 is 0. The first-order valence-corrected chi connectivity index (χ1v) is 9.79. The number of halogens is 1. The highest BCUT2D eigenvalue weighted by Gasteiger charge is 2.64. The van der Waals surface area contributed by atoms with E-state index in [1.165, 1.54) is 41.6 Å². The Morgan fingerprint density at radius 2 is 1.78 bits per heavy atom. The molecule has 2 amide bonds. The van der Waals surface area contributed by atoms with Gasteiger partial charge in [-0.2, -0.15) is 5.10 Å². The van der Waals surface area contributed by atoms with Crippen LogP contribution in [-0.4, -0.2) is 45.8 Å². The van der Waals surface area contributed by atoms with Gasteiger partial charge in [0.2, 0.25) is 11.8 Å². The highest BCUT2D eigenvalue weighted by molar-refractivity contribution is 6.24. The van der Waals surface area contributed by atoms with Gasteiger partial charge in [0, 0.05) is 23.9 Å². The molecule has 9 nitrogen and oxygen atoms in total. The molecule has 10 heteroatoms. The number of allylic oxidation sites excluding steroid dienone is 1. The summed E-state index contributed by atoms with van der Waals surface area (Å²) in [5, 5.41) is 16.8. The molecule has 0 bridgehead atoms. The van der Waals surface area contributed by atoms with E-state index in [0.29, 0.717) is 0 Å². The van der Waals surface area contributed by atoms with E-state index in [2.05, 4.69) is 5.10 Å². The van der Waals surface area contributed by atoms with E-state index in [-0.39, 0.29) is 16.9 Å². The van der Waals surface area contributed by atoms with E-state index in [0.717, 1.165) is 23.1 Å². The van der Waals surface area contributed by atoms with Crippen LogP contribution in [0.1, 0.15) is 10.4 Å². The van der Waals surface area contributed by atoms with Gasteiger partial charge in [0.15, 0.2) is 5.78 Å². The first kappa shape index (κ1) is 19.7. The van der Waals surface area contributed by atoms with Crippen molar-refractivity contribution in [2.24, 2.45) is 16.9 Å². The molecule has 0 unspecified atom stereocenters. The third kappa shape index (κ3) is 2.83. The molecule has 2 fully saturated rings. The Morgan fingerprint density at radius 1 is 1.06 bits per heavy atom. The largest absolute Gasteiger partial charge is 0.292 e. The predicted octanol–water partition coefficient (Wildman–Crippen LogP) is 2.33. The number of anilines is 1. The van der Waals surface area contributed by atoms with Crippen LogP contribution in [0.5, 0.6) is 0 Å². The number of carbonyl (C=O) groups excluding carboxylic acids is 3. The fraction of sp³-hybridized carbons (Fsp3) is 0.182. The molecule has 160 valence electrons. The molecule has 4 atom stereocenters. The first-order chi connectivity index (χ1) is 15.4. The number of nitro benzene ring substituents is 1. The van der Waals surface area contributed by atoms with Gasteiger partial charge in [-0.15, -0.1) is 0 Å². The zero-order valence-electron chi connectivity index (χ0n) is 16.4. The average Bonchev–Trinajstić information content (AvgIpc) is 3.27. The summed E-state index contributed by atoms with van der Waals surface area (Å²) < 4.78 is 13.4. The third-order valence-electron chi connectivity index (χ3n) is 5.99. The normalized spacial score (nSPS) is 25.8. The molecule has 0 aliphatic carbocycles. The number of benzene rings is 2. The molecule has 2 saturated heterocycles. The Bertz CT molecular complexity index is 1230. The Morgan fingerprint density at radius 3 is 2.50 bits per heavy atom. The molecule has 0 spiro atoms. The molecule has 32 heavy (non-hydrogen) atoms. The summed E-state index contributed by atoms with van der Waals surface area (Å²) in [5.74, 6) is -4.05. The van der Waals surface area contributed by atoms with Crippen molar-refractivity contribution in [2.75, 3.05) is 4.90 Å². The summed E-state index contributed by atoms with van der Waals surface area (Å²) in [6.45, 7) is 0. The maximum absolute atomic E-state index is 13.5. The zero-order chi connectivity index (χ0) is 22.6. The Balaban J connectivity index is 1.57. The summed E-state index contributed by atoms with van der Waals surface area (Å²) in [5.41, 5.74) is 0.00627. The number of Topliss-reactive ketones (excluding diaryl/α,β-unsaturated/α-hetero) is 1. The van der Waals surface area contributed by atoms with Crippen molar-refractivity contribution in [3.05, 3.63) is 82.2 Å². The fourth-order valence-corrected chi connectivity index (χ4v) is 4.63. The highest BCUT2D eigenvalue weighted by Crippen LogP contribution is 2.46. The lowest BCUT2D eigenvalue weighted by atomic mass is 9.86. The number of hydrazone groups is 1. The summed E-state index contributed by atoms with van der Waals surface area (Å²) in [4.78, 5) is 51.7. The zero-order valence-corrected chi connectivity index (χ0v) is 16.4. The maximum atomic E-state index is 13.5. The molecule has 3 aliphatic rings. The van der Waals surface area contributed by atoms with Crippen LogP contribution < -0.4 is 4.90 Å². The molecule has 0 saturated carbocycles. The topological polar surface area (TPSA) is 113 Å². The lowest BCUT2D eigenvalue weighted by molar-refractivity contribution is -0.384. The van der Waals surface area contributed by atoms with E-state index < -0.39 is 52.3 Å². The van der Waals surface area contributed by atoms with Crippen molar-refractivity contribution in [2.45, 2.75) is 12.1 Å². The van der Waals surface area contributed by atoms with Gasteiger partial charge >= 0.3 is 0 Å². The number of rotatable bonds is 4. The van der Waals surface area contributed by atoms with Crippen LogP contribution in [0.4, 0.5) is 15.8 Å². The van der Waals surface area contributed by atoms with Gasteiger partial charge in [-0.05, 0) is 30.3 Å². The number of non-ortho nitro benzene ring substituents is 1. The second-order valence-electron chi connectivity index (χ2n) is 7.68. The highest BCUT2D eigenvalue weighted by atomic mass is 19.1. The molecular weight excluding hydrogens is 419 g/mol. The minimum atomic E-state index is -1.12. The van der Waals surface area contributed by atoms with E-state index in [1.54, 1.807) is 12.2 Å². The van der Waals surface area contributed by atoms with Crippen molar-refractivity contribution < 1.29 is 23.7 Å². The van der Waals surface area contributed by atoms with E-state index in [4.69, 9.17) is 0 Å². The number of hydrogen-bond acceptors (Lipinski definition) is 7. The molecule has 0 radical (unpaired) electrons. The smallest absolute Gasteiger partial charge is 0.270 e. The summed E-state index contributed by atoms with van der Waals surface area (Å²) in [7, 11) is 0. The second kappa shape index (κ2) is 7.19. The standard InChI is InChI=1S/C22H15FN4O5/c23-13-6-8-14(9-7-13)25-21(29)17-16-5-2-10-24-26(16)19(18(17)22(25)30)20(28)12-3-1-4-15(11-12)27(31)32/h1-11,16-19H/t16-,17-,18+,19-/m0/s1. The number of amides is 2. The summed E-state index contributed by atoms with van der Waals surface area (Å²) in [6, 6.07) is 8.44. The first-order valence-electron chi connectivity index (χ1n) is 9.79. The van der Waals surface area contributed by atoms with Crippen LogP contribution in [0.3, 0.4) is 0 Å². The van der Waals surface area contributed by atoms with Gasteiger partial charge < -0.3 is 0 Å². The number of ketones is 1. The fourth-order valence-electron chi connectivity index (χ4n) is 4.63. The van der Waals surface area contributed by atoms with E-state index >= 15 is 0 Å². The van der Waals surface area contributed by atoms with Gasteiger partial charge in [-0.3, -0.25) is 29.5 Å². The Hall–Kier alpha value is -4.21. The molecule has 5 rings (SSSR count).